The summed E-state index contributed by atoms with van der Waals surface area (Å²) in [6.45, 7) is 6.32. The number of rotatable bonds is 2. The summed E-state index contributed by atoms with van der Waals surface area (Å²) in [5, 5.41) is 3.00. The Balaban J connectivity index is 1.65. The van der Waals surface area contributed by atoms with Crippen LogP contribution in [-0.2, 0) is 4.79 Å². The average Bonchev–Trinajstić information content (AvgIpc) is 3.12. The molecule has 2 aliphatic rings. The molecule has 2 heterocycles. The van der Waals surface area contributed by atoms with Crippen LogP contribution in [0.15, 0.2) is 18.2 Å². The van der Waals surface area contributed by atoms with Gasteiger partial charge in [0.05, 0.1) is 6.04 Å². The highest BCUT2D eigenvalue weighted by molar-refractivity contribution is 5.96. The van der Waals surface area contributed by atoms with E-state index in [-0.39, 0.29) is 18.0 Å². The Hall–Kier alpha value is -2.04. The van der Waals surface area contributed by atoms with Crippen LogP contribution < -0.4 is 10.2 Å². The molecule has 3 rings (SSSR count). The van der Waals surface area contributed by atoms with Gasteiger partial charge in [-0.15, -0.1) is 0 Å². The van der Waals surface area contributed by atoms with E-state index in [1.165, 1.54) is 11.1 Å². The van der Waals surface area contributed by atoms with Crippen molar-refractivity contribution in [2.24, 2.45) is 0 Å². The van der Waals surface area contributed by atoms with Gasteiger partial charge in [0.1, 0.15) is 0 Å². The molecule has 0 aliphatic carbocycles. The van der Waals surface area contributed by atoms with E-state index in [9.17, 15) is 9.59 Å². The number of nitrogens with one attached hydrogen (secondary N) is 1. The number of carbonyl (C=O) groups excluding carboxylic acids is 2. The predicted octanol–water partition coefficient (Wildman–Crippen LogP) is 2.21. The van der Waals surface area contributed by atoms with E-state index in [4.69, 9.17) is 0 Å². The first-order valence-electron chi connectivity index (χ1n) is 7.97. The summed E-state index contributed by atoms with van der Waals surface area (Å²) in [4.78, 5) is 28.0. The Labute approximate surface area is 131 Å². The lowest BCUT2D eigenvalue weighted by molar-refractivity contribution is -0.117. The van der Waals surface area contributed by atoms with Crippen molar-refractivity contribution in [2.45, 2.75) is 39.2 Å². The van der Waals surface area contributed by atoms with E-state index in [0.29, 0.717) is 13.0 Å². The molecule has 1 aromatic carbocycles. The predicted molar refractivity (Wildman–Crippen MR) is 86.0 cm³/mol. The summed E-state index contributed by atoms with van der Waals surface area (Å²) in [6.07, 6.45) is 2.53. The zero-order chi connectivity index (χ0) is 15.7. The molecule has 5 heteroatoms. The number of aryl methyl sites for hydroxylation is 2. The van der Waals surface area contributed by atoms with E-state index < -0.39 is 0 Å². The molecule has 0 unspecified atom stereocenters. The fourth-order valence-corrected chi connectivity index (χ4v) is 3.13. The zero-order valence-electron chi connectivity index (χ0n) is 13.3. The van der Waals surface area contributed by atoms with Gasteiger partial charge in [-0.05, 0) is 49.9 Å². The second-order valence-corrected chi connectivity index (χ2v) is 6.32. The number of nitrogens with zero attached hydrogens (tertiary/aromatic N) is 2. The van der Waals surface area contributed by atoms with Crippen molar-refractivity contribution in [3.8, 4) is 0 Å². The van der Waals surface area contributed by atoms with Crippen LogP contribution in [0.2, 0.25) is 0 Å². The highest BCUT2D eigenvalue weighted by Gasteiger charge is 2.32. The summed E-state index contributed by atoms with van der Waals surface area (Å²) < 4.78 is 0. The van der Waals surface area contributed by atoms with Gasteiger partial charge in [-0.3, -0.25) is 4.79 Å². The van der Waals surface area contributed by atoms with Crippen LogP contribution >= 0.6 is 0 Å². The SMILES string of the molecule is Cc1ccc(N2C[C@@H](NC(=O)N3CCCC3)CC2=O)cc1C. The Bertz CT molecular complexity index is 594. The van der Waals surface area contributed by atoms with Gasteiger partial charge in [0.2, 0.25) is 5.91 Å². The standard InChI is InChI=1S/C17H23N3O2/c1-12-5-6-15(9-13(12)2)20-11-14(10-16(20)21)18-17(22)19-7-3-4-8-19/h5-6,9,14H,3-4,7-8,10-11H2,1-2H3,(H,18,22)/t14-/m0/s1. The molecule has 2 aliphatic heterocycles. The molecule has 0 radical (unpaired) electrons. The normalized spacial score (nSPS) is 21.5. The first-order chi connectivity index (χ1) is 10.5. The lowest BCUT2D eigenvalue weighted by Gasteiger charge is -2.21. The summed E-state index contributed by atoms with van der Waals surface area (Å²) in [5.41, 5.74) is 3.31. The molecule has 2 fully saturated rings. The van der Waals surface area contributed by atoms with Crippen LogP contribution in [0, 0.1) is 13.8 Å². The van der Waals surface area contributed by atoms with Crippen molar-refractivity contribution in [2.75, 3.05) is 24.5 Å². The molecule has 0 bridgehead atoms. The van der Waals surface area contributed by atoms with Gasteiger partial charge >= 0.3 is 6.03 Å². The fourth-order valence-electron chi connectivity index (χ4n) is 3.13. The van der Waals surface area contributed by atoms with Gasteiger partial charge in [0, 0.05) is 31.7 Å². The molecule has 5 nitrogen and oxygen atoms in total. The van der Waals surface area contributed by atoms with Crippen molar-refractivity contribution in [1.82, 2.24) is 10.2 Å². The minimum absolute atomic E-state index is 0.0303. The minimum Gasteiger partial charge on any atom is -0.333 e. The number of amides is 3. The minimum atomic E-state index is -0.0952. The van der Waals surface area contributed by atoms with Crippen LogP contribution in [-0.4, -0.2) is 42.5 Å². The number of benzene rings is 1. The van der Waals surface area contributed by atoms with Gasteiger partial charge in [0.25, 0.3) is 0 Å². The maximum absolute atomic E-state index is 12.2. The monoisotopic (exact) mass is 301 g/mol. The molecule has 0 spiro atoms. The van der Waals surface area contributed by atoms with Gasteiger partial charge in [0.15, 0.2) is 0 Å². The summed E-state index contributed by atoms with van der Waals surface area (Å²) >= 11 is 0. The maximum atomic E-state index is 12.2. The number of carbonyl (C=O) groups is 2. The van der Waals surface area contributed by atoms with Gasteiger partial charge in [-0.1, -0.05) is 6.07 Å². The molecule has 1 N–H and O–H groups in total. The molecule has 0 aromatic heterocycles. The average molecular weight is 301 g/mol. The van der Waals surface area contributed by atoms with E-state index in [1.54, 1.807) is 4.90 Å². The number of urea groups is 1. The van der Waals surface area contributed by atoms with Crippen LogP contribution in [0.25, 0.3) is 0 Å². The molecular formula is C17H23N3O2. The quantitative estimate of drug-likeness (QED) is 0.910. The topological polar surface area (TPSA) is 52.7 Å². The highest BCUT2D eigenvalue weighted by atomic mass is 16.2. The Kier molecular flexibility index (Phi) is 4.05. The Morgan fingerprint density at radius 2 is 1.91 bits per heavy atom. The third kappa shape index (κ3) is 2.93. The molecular weight excluding hydrogens is 278 g/mol. The lowest BCUT2D eigenvalue weighted by atomic mass is 10.1. The van der Waals surface area contributed by atoms with E-state index in [1.807, 2.05) is 30.0 Å². The van der Waals surface area contributed by atoms with Gasteiger partial charge < -0.3 is 15.1 Å². The number of anilines is 1. The van der Waals surface area contributed by atoms with Gasteiger partial charge in [-0.25, -0.2) is 4.79 Å². The summed E-state index contributed by atoms with van der Waals surface area (Å²) in [7, 11) is 0. The van der Waals surface area contributed by atoms with Crippen molar-refractivity contribution in [3.63, 3.8) is 0 Å². The Morgan fingerprint density at radius 3 is 2.59 bits per heavy atom. The number of hydrogen-bond acceptors (Lipinski definition) is 2. The zero-order valence-corrected chi connectivity index (χ0v) is 13.3. The van der Waals surface area contributed by atoms with Gasteiger partial charge in [-0.2, -0.15) is 0 Å². The highest BCUT2D eigenvalue weighted by Crippen LogP contribution is 2.24. The van der Waals surface area contributed by atoms with Crippen LogP contribution in [0.5, 0.6) is 0 Å². The smallest absolute Gasteiger partial charge is 0.317 e. The molecule has 0 saturated carbocycles. The maximum Gasteiger partial charge on any atom is 0.317 e. The fraction of sp³-hybridized carbons (Fsp3) is 0.529. The number of likely N-dealkylation sites (tertiary alicyclic amines) is 1. The van der Waals surface area contributed by atoms with Crippen molar-refractivity contribution < 1.29 is 9.59 Å². The summed E-state index contributed by atoms with van der Waals surface area (Å²) in [5.74, 6) is 0.0787. The van der Waals surface area contributed by atoms with E-state index in [2.05, 4.69) is 12.2 Å². The van der Waals surface area contributed by atoms with Crippen LogP contribution in [0.3, 0.4) is 0 Å². The molecule has 1 aromatic rings. The van der Waals surface area contributed by atoms with Crippen LogP contribution in [0.4, 0.5) is 10.5 Å². The molecule has 1 atom stereocenters. The molecule has 2 saturated heterocycles. The van der Waals surface area contributed by atoms with E-state index in [0.717, 1.165) is 31.6 Å². The van der Waals surface area contributed by atoms with Crippen molar-refractivity contribution >= 4 is 17.6 Å². The Morgan fingerprint density at radius 1 is 1.18 bits per heavy atom. The van der Waals surface area contributed by atoms with Crippen molar-refractivity contribution in [3.05, 3.63) is 29.3 Å². The number of hydrogen-bond donors (Lipinski definition) is 1. The first-order valence-corrected chi connectivity index (χ1v) is 7.97. The van der Waals surface area contributed by atoms with E-state index >= 15 is 0 Å². The second-order valence-electron chi connectivity index (χ2n) is 6.32. The van der Waals surface area contributed by atoms with Crippen LogP contribution in [0.1, 0.15) is 30.4 Å². The molecule has 3 amide bonds. The first kappa shape index (κ1) is 14.9. The third-order valence-electron chi connectivity index (χ3n) is 4.65. The second kappa shape index (κ2) is 5.99. The summed E-state index contributed by atoms with van der Waals surface area (Å²) in [6, 6.07) is 5.93. The molecule has 118 valence electrons. The third-order valence-corrected chi connectivity index (χ3v) is 4.65. The van der Waals surface area contributed by atoms with Crippen molar-refractivity contribution in [1.29, 1.82) is 0 Å². The largest absolute Gasteiger partial charge is 0.333 e. The lowest BCUT2D eigenvalue weighted by Crippen LogP contribution is -2.44. The molecule has 22 heavy (non-hydrogen) atoms.